The molecule has 2 aromatic rings. The maximum Gasteiger partial charge on any atom is 0.264 e. The first-order valence-corrected chi connectivity index (χ1v) is 14.7. The molecule has 16 nitrogen and oxygen atoms in total. The van der Waals surface area contributed by atoms with Gasteiger partial charge in [-0.3, -0.25) is 68.4 Å². The standard InChI is InChI=1S/C31H26N6O10/c38-20(32-16-6-1-4-14-24(16)30(46)36(28(14)44)18-10-12-22(40)34-26(18)42)8-3-9-21(39)33-17-7-2-5-15-25(17)31(47)37(29(15)45)19-11-13-23(41)35-27(19)43/h1-2,4-7,18-19H,3,8-13H2,(H,32,38)(H,33,39)(H,34,40,42)(H,35,41,43). The van der Waals surface area contributed by atoms with E-state index in [4.69, 9.17) is 0 Å². The van der Waals surface area contributed by atoms with Crippen molar-refractivity contribution in [2.24, 2.45) is 0 Å². The number of nitrogens with zero attached hydrogens (tertiary/aromatic N) is 2. The molecule has 4 aliphatic rings. The van der Waals surface area contributed by atoms with Crippen molar-refractivity contribution in [1.82, 2.24) is 20.4 Å². The summed E-state index contributed by atoms with van der Waals surface area (Å²) in [5.41, 5.74) is -0.0797. The second-order valence-corrected chi connectivity index (χ2v) is 11.3. The normalized spacial score (nSPS) is 20.6. The number of carbonyl (C=O) groups excluding carboxylic acids is 10. The van der Waals surface area contributed by atoms with Crippen molar-refractivity contribution >= 4 is 70.4 Å². The summed E-state index contributed by atoms with van der Waals surface area (Å²) in [6, 6.07) is 6.24. The predicted molar refractivity (Wildman–Crippen MR) is 157 cm³/mol. The fraction of sp³-hybridized carbons (Fsp3) is 0.290. The van der Waals surface area contributed by atoms with Gasteiger partial charge in [0.2, 0.25) is 35.4 Å². The van der Waals surface area contributed by atoms with E-state index in [0.29, 0.717) is 0 Å². The van der Waals surface area contributed by atoms with E-state index in [1.807, 2.05) is 0 Å². The fourth-order valence-electron chi connectivity index (χ4n) is 6.07. The summed E-state index contributed by atoms with van der Waals surface area (Å²) in [7, 11) is 0. The summed E-state index contributed by atoms with van der Waals surface area (Å²) in [4.78, 5) is 127. The highest BCUT2D eigenvalue weighted by molar-refractivity contribution is 6.27. The van der Waals surface area contributed by atoms with Crippen LogP contribution in [-0.2, 0) is 28.8 Å². The highest BCUT2D eigenvalue weighted by Crippen LogP contribution is 2.34. The minimum Gasteiger partial charge on any atom is -0.325 e. The van der Waals surface area contributed by atoms with Gasteiger partial charge in [-0.15, -0.1) is 0 Å². The predicted octanol–water partition coefficient (Wildman–Crippen LogP) is 0.237. The van der Waals surface area contributed by atoms with Crippen LogP contribution in [0.1, 0.15) is 86.4 Å². The zero-order chi connectivity index (χ0) is 33.6. The average molecular weight is 643 g/mol. The minimum atomic E-state index is -1.16. The third-order valence-electron chi connectivity index (χ3n) is 8.29. The van der Waals surface area contributed by atoms with Gasteiger partial charge in [0, 0.05) is 25.7 Å². The number of benzene rings is 2. The number of hydrogen-bond acceptors (Lipinski definition) is 10. The molecule has 4 N–H and O–H groups in total. The van der Waals surface area contributed by atoms with E-state index in [1.165, 1.54) is 36.4 Å². The Morgan fingerprint density at radius 2 is 1.02 bits per heavy atom. The summed E-state index contributed by atoms with van der Waals surface area (Å²) in [6.07, 6.45) is -0.395. The number of imide groups is 4. The van der Waals surface area contributed by atoms with Crippen molar-refractivity contribution in [2.75, 3.05) is 10.6 Å². The van der Waals surface area contributed by atoms with Gasteiger partial charge in [-0.2, -0.15) is 0 Å². The number of carbonyl (C=O) groups is 10. The third-order valence-corrected chi connectivity index (χ3v) is 8.29. The molecule has 2 atom stereocenters. The van der Waals surface area contributed by atoms with Crippen LogP contribution in [0.3, 0.4) is 0 Å². The molecule has 0 aromatic heterocycles. The minimum absolute atomic E-state index is 0.00327. The summed E-state index contributed by atoms with van der Waals surface area (Å²) >= 11 is 0. The van der Waals surface area contributed by atoms with Crippen LogP contribution < -0.4 is 21.3 Å². The zero-order valence-electron chi connectivity index (χ0n) is 24.5. The molecule has 2 aromatic carbocycles. The fourth-order valence-corrected chi connectivity index (χ4v) is 6.07. The SMILES string of the molecule is O=C1CCC(N2C(=O)c3cccc(NC(=O)CCCC(=O)Nc4cccc5c4C(=O)N(C4CCC(=O)NC4=O)C5=O)c3C2=O)C(=O)N1. The number of rotatable bonds is 8. The molecule has 4 heterocycles. The molecule has 47 heavy (non-hydrogen) atoms. The van der Waals surface area contributed by atoms with Crippen molar-refractivity contribution in [3.63, 3.8) is 0 Å². The molecule has 2 fully saturated rings. The Hall–Kier alpha value is -6.06. The Morgan fingerprint density at radius 3 is 1.40 bits per heavy atom. The number of nitrogens with one attached hydrogen (secondary N) is 4. The molecule has 2 unspecified atom stereocenters. The van der Waals surface area contributed by atoms with Crippen molar-refractivity contribution in [2.45, 2.75) is 57.0 Å². The third kappa shape index (κ3) is 5.53. The second-order valence-electron chi connectivity index (χ2n) is 11.3. The lowest BCUT2D eigenvalue weighted by Gasteiger charge is -2.27. The van der Waals surface area contributed by atoms with Crippen LogP contribution in [0.2, 0.25) is 0 Å². The highest BCUT2D eigenvalue weighted by atomic mass is 16.2. The van der Waals surface area contributed by atoms with E-state index in [-0.39, 0.29) is 78.6 Å². The molecule has 0 aliphatic carbocycles. The lowest BCUT2D eigenvalue weighted by molar-refractivity contribution is -0.137. The zero-order valence-corrected chi connectivity index (χ0v) is 24.5. The lowest BCUT2D eigenvalue weighted by atomic mass is 10.0. The first-order chi connectivity index (χ1) is 22.5. The van der Waals surface area contributed by atoms with Crippen molar-refractivity contribution < 1.29 is 47.9 Å². The van der Waals surface area contributed by atoms with E-state index in [9.17, 15) is 47.9 Å². The van der Waals surface area contributed by atoms with E-state index in [2.05, 4.69) is 21.3 Å². The number of hydrogen-bond donors (Lipinski definition) is 4. The van der Waals surface area contributed by atoms with Crippen LogP contribution in [0, 0.1) is 0 Å². The highest BCUT2D eigenvalue weighted by Gasteiger charge is 2.47. The van der Waals surface area contributed by atoms with Gasteiger partial charge in [-0.1, -0.05) is 12.1 Å². The molecule has 16 heteroatoms. The van der Waals surface area contributed by atoms with Crippen LogP contribution >= 0.6 is 0 Å². The molecule has 6 rings (SSSR count). The topological polar surface area (TPSA) is 225 Å². The number of anilines is 2. The second kappa shape index (κ2) is 12.0. The Balaban J connectivity index is 1.06. The number of fused-ring (bicyclic) bond motifs is 2. The van der Waals surface area contributed by atoms with Crippen LogP contribution in [0.15, 0.2) is 36.4 Å². The molecule has 0 saturated carbocycles. The molecular weight excluding hydrogens is 616 g/mol. The van der Waals surface area contributed by atoms with Gasteiger partial charge in [-0.25, -0.2) is 0 Å². The molecule has 0 spiro atoms. The maximum absolute atomic E-state index is 13.2. The summed E-state index contributed by atoms with van der Waals surface area (Å²) < 4.78 is 0. The van der Waals surface area contributed by atoms with Crippen molar-refractivity contribution in [1.29, 1.82) is 0 Å². The van der Waals surface area contributed by atoms with E-state index >= 15 is 0 Å². The molecule has 4 aliphatic heterocycles. The molecule has 2 saturated heterocycles. The van der Waals surface area contributed by atoms with Crippen LogP contribution in [-0.4, -0.2) is 81.0 Å². The van der Waals surface area contributed by atoms with Gasteiger partial charge in [0.05, 0.1) is 33.6 Å². The van der Waals surface area contributed by atoms with Gasteiger partial charge >= 0.3 is 0 Å². The van der Waals surface area contributed by atoms with Crippen molar-refractivity contribution in [3.8, 4) is 0 Å². The van der Waals surface area contributed by atoms with Gasteiger partial charge in [0.15, 0.2) is 0 Å². The Bertz CT molecular complexity index is 1720. The van der Waals surface area contributed by atoms with E-state index in [1.54, 1.807) is 0 Å². The van der Waals surface area contributed by atoms with Gasteiger partial charge in [0.25, 0.3) is 23.6 Å². The summed E-state index contributed by atoms with van der Waals surface area (Å²) in [6.45, 7) is 0. The van der Waals surface area contributed by atoms with Crippen LogP contribution in [0.25, 0.3) is 0 Å². The smallest absolute Gasteiger partial charge is 0.264 e. The van der Waals surface area contributed by atoms with Crippen molar-refractivity contribution in [3.05, 3.63) is 58.7 Å². The quantitative estimate of drug-likeness (QED) is 0.287. The van der Waals surface area contributed by atoms with Crippen LogP contribution in [0.5, 0.6) is 0 Å². The molecule has 10 amide bonds. The van der Waals surface area contributed by atoms with Gasteiger partial charge in [-0.05, 0) is 43.5 Å². The molecule has 0 radical (unpaired) electrons. The summed E-state index contributed by atoms with van der Waals surface area (Å²) in [5, 5.41) is 9.39. The van der Waals surface area contributed by atoms with E-state index in [0.717, 1.165) is 9.80 Å². The van der Waals surface area contributed by atoms with Crippen LogP contribution in [0.4, 0.5) is 11.4 Å². The first-order valence-electron chi connectivity index (χ1n) is 14.7. The van der Waals surface area contributed by atoms with Gasteiger partial charge < -0.3 is 10.6 Å². The number of amides is 10. The molecule has 0 bridgehead atoms. The first kappa shape index (κ1) is 30.9. The largest absolute Gasteiger partial charge is 0.325 e. The Labute approximate surface area is 265 Å². The molecule has 240 valence electrons. The molecular formula is C31H26N6O10. The van der Waals surface area contributed by atoms with E-state index < -0.39 is 71.2 Å². The van der Waals surface area contributed by atoms with Gasteiger partial charge in [0.1, 0.15) is 12.1 Å². The number of piperidine rings is 2. The Morgan fingerprint density at radius 1 is 0.617 bits per heavy atom. The maximum atomic E-state index is 13.2. The average Bonchev–Trinajstić information content (AvgIpc) is 3.42. The monoisotopic (exact) mass is 642 g/mol. The summed E-state index contributed by atoms with van der Waals surface area (Å²) in [5.74, 6) is -6.66. The Kier molecular flexibility index (Phi) is 7.92. The lowest BCUT2D eigenvalue weighted by Crippen LogP contribution is -2.54.